The van der Waals surface area contributed by atoms with Gasteiger partial charge in [0.1, 0.15) is 4.84 Å². The number of alkyl halides is 2. The maximum atomic E-state index is 9.94. The molecular weight excluding hydrogens is 153 g/mol. The summed E-state index contributed by atoms with van der Waals surface area (Å²) >= 11 is 10.1. The zero-order chi connectivity index (χ0) is 6.73. The van der Waals surface area contributed by atoms with Crippen LogP contribution in [0.3, 0.4) is 0 Å². The lowest BCUT2D eigenvalue weighted by Crippen LogP contribution is -2.33. The number of carbonyl (C=O) groups is 1. The van der Waals surface area contributed by atoms with Crippen molar-refractivity contribution in [3.8, 4) is 0 Å². The molecule has 8 heavy (non-hydrogen) atoms. The van der Waals surface area contributed by atoms with Crippen LogP contribution in [0.25, 0.3) is 0 Å². The molecule has 0 heterocycles. The summed E-state index contributed by atoms with van der Waals surface area (Å²) in [5.41, 5.74) is 4.58. The van der Waals surface area contributed by atoms with Crippen LogP contribution in [0.1, 0.15) is 0 Å². The van der Waals surface area contributed by atoms with Crippen molar-refractivity contribution in [2.24, 2.45) is 5.73 Å². The van der Waals surface area contributed by atoms with Gasteiger partial charge in [-0.25, -0.2) is 0 Å². The first-order valence-corrected chi connectivity index (χ1v) is 2.68. The Hall–Kier alpha value is 0.01000. The number of rotatable bonds is 2. The number of hydrogen-bond donors (Lipinski definition) is 2. The molecule has 3 N–H and O–H groups in total. The Morgan fingerprint density at radius 1 is 1.62 bits per heavy atom. The van der Waals surface area contributed by atoms with Crippen molar-refractivity contribution in [2.75, 3.05) is 0 Å². The minimum atomic E-state index is -1.46. The van der Waals surface area contributed by atoms with Gasteiger partial charge in [-0.1, -0.05) is 0 Å². The van der Waals surface area contributed by atoms with Gasteiger partial charge in [0.15, 0.2) is 6.10 Å². The van der Waals surface area contributed by atoms with Crippen molar-refractivity contribution < 1.29 is 9.90 Å². The molecule has 1 amide bonds. The second-order valence-electron chi connectivity index (χ2n) is 1.18. The van der Waals surface area contributed by atoms with E-state index < -0.39 is 16.8 Å². The van der Waals surface area contributed by atoms with Crippen LogP contribution in [0.2, 0.25) is 0 Å². The molecule has 0 saturated carbocycles. The second-order valence-corrected chi connectivity index (χ2v) is 2.35. The van der Waals surface area contributed by atoms with Gasteiger partial charge in [-0.3, -0.25) is 4.79 Å². The predicted molar refractivity (Wildman–Crippen MR) is 30.7 cm³/mol. The number of primary amides is 1. The van der Waals surface area contributed by atoms with Crippen LogP contribution in [0.15, 0.2) is 0 Å². The van der Waals surface area contributed by atoms with Crippen LogP contribution >= 0.6 is 23.2 Å². The maximum Gasteiger partial charge on any atom is 0.249 e. The number of hydrogen-bond acceptors (Lipinski definition) is 2. The van der Waals surface area contributed by atoms with Crippen LogP contribution in [0, 0.1) is 0 Å². The molecule has 48 valence electrons. The SMILES string of the molecule is NC(=O)C(O)C(Cl)Cl. The molecule has 0 radical (unpaired) electrons. The molecule has 0 spiro atoms. The fraction of sp³-hybridized carbons (Fsp3) is 0.667. The highest BCUT2D eigenvalue weighted by Crippen LogP contribution is 2.06. The third-order valence-corrected chi connectivity index (χ3v) is 1.01. The van der Waals surface area contributed by atoms with Gasteiger partial charge in [-0.15, -0.1) is 23.2 Å². The summed E-state index contributed by atoms with van der Waals surface area (Å²) in [6.45, 7) is 0. The van der Waals surface area contributed by atoms with Gasteiger partial charge in [0.05, 0.1) is 0 Å². The average molecular weight is 158 g/mol. The largest absolute Gasteiger partial charge is 0.380 e. The molecule has 0 fully saturated rings. The number of amides is 1. The smallest absolute Gasteiger partial charge is 0.249 e. The number of nitrogens with two attached hydrogens (primary N) is 1. The Bertz CT molecular complexity index is 95.3. The van der Waals surface area contributed by atoms with Crippen molar-refractivity contribution in [3.63, 3.8) is 0 Å². The molecule has 5 heteroatoms. The van der Waals surface area contributed by atoms with Crippen LogP contribution < -0.4 is 5.73 Å². The lowest BCUT2D eigenvalue weighted by Gasteiger charge is -2.03. The van der Waals surface area contributed by atoms with E-state index in [2.05, 4.69) is 5.73 Å². The van der Waals surface area contributed by atoms with Gasteiger partial charge in [0.2, 0.25) is 5.91 Å². The molecule has 3 nitrogen and oxygen atoms in total. The first kappa shape index (κ1) is 8.01. The molecule has 0 aromatic carbocycles. The molecule has 1 unspecified atom stereocenters. The molecular formula is C3H5Cl2NO2. The number of aliphatic hydroxyl groups is 1. The van der Waals surface area contributed by atoms with Gasteiger partial charge < -0.3 is 10.8 Å². The number of carbonyl (C=O) groups excluding carboxylic acids is 1. The van der Waals surface area contributed by atoms with Crippen molar-refractivity contribution in [3.05, 3.63) is 0 Å². The zero-order valence-corrected chi connectivity index (χ0v) is 5.36. The molecule has 0 bridgehead atoms. The molecule has 1 atom stereocenters. The monoisotopic (exact) mass is 157 g/mol. The normalized spacial score (nSPS) is 14.0. The van der Waals surface area contributed by atoms with E-state index in [1.54, 1.807) is 0 Å². The third-order valence-electron chi connectivity index (χ3n) is 0.530. The van der Waals surface area contributed by atoms with E-state index >= 15 is 0 Å². The maximum absolute atomic E-state index is 9.94. The topological polar surface area (TPSA) is 63.3 Å². The molecule has 0 rings (SSSR count). The standard InChI is InChI=1S/C3H5Cl2NO2/c4-2(5)1(7)3(6)8/h1-2,7H,(H2,6,8). The lowest BCUT2D eigenvalue weighted by atomic mass is 10.4. The summed E-state index contributed by atoms with van der Waals surface area (Å²) < 4.78 is 0. The minimum Gasteiger partial charge on any atom is -0.380 e. The highest BCUT2D eigenvalue weighted by molar-refractivity contribution is 6.45. The van der Waals surface area contributed by atoms with E-state index in [-0.39, 0.29) is 0 Å². The Kier molecular flexibility index (Phi) is 3.12. The molecule has 0 aromatic rings. The molecule has 0 aromatic heterocycles. The van der Waals surface area contributed by atoms with Crippen LogP contribution in [-0.4, -0.2) is 22.0 Å². The van der Waals surface area contributed by atoms with Crippen LogP contribution in [0.4, 0.5) is 0 Å². The summed E-state index contributed by atoms with van der Waals surface area (Å²) in [6.07, 6.45) is -1.46. The number of aliphatic hydroxyl groups excluding tert-OH is 1. The molecule has 0 aliphatic rings. The summed E-state index contributed by atoms with van der Waals surface area (Å²) in [5, 5.41) is 8.47. The third kappa shape index (κ3) is 2.35. The first-order chi connectivity index (χ1) is 3.55. The quantitative estimate of drug-likeness (QED) is 0.538. The number of halogens is 2. The summed E-state index contributed by atoms with van der Waals surface area (Å²) in [7, 11) is 0. The van der Waals surface area contributed by atoms with Gasteiger partial charge >= 0.3 is 0 Å². The lowest BCUT2D eigenvalue weighted by molar-refractivity contribution is -0.125. The van der Waals surface area contributed by atoms with Gasteiger partial charge in [-0.05, 0) is 0 Å². The first-order valence-electron chi connectivity index (χ1n) is 1.81. The van der Waals surface area contributed by atoms with E-state index in [0.717, 1.165) is 0 Å². The van der Waals surface area contributed by atoms with Crippen molar-refractivity contribution >= 4 is 29.1 Å². The van der Waals surface area contributed by atoms with Gasteiger partial charge in [0.25, 0.3) is 0 Å². The predicted octanol–water partition coefficient (Wildman–Crippen LogP) is -0.364. The summed E-state index contributed by atoms with van der Waals surface area (Å²) in [5.74, 6) is -0.917. The van der Waals surface area contributed by atoms with E-state index in [9.17, 15) is 4.79 Å². The van der Waals surface area contributed by atoms with E-state index in [1.807, 2.05) is 0 Å². The fourth-order valence-corrected chi connectivity index (χ4v) is 0.373. The Balaban J connectivity index is 3.64. The average Bonchev–Trinajstić information content (AvgIpc) is 1.64. The highest BCUT2D eigenvalue weighted by atomic mass is 35.5. The summed E-state index contributed by atoms with van der Waals surface area (Å²) in [4.78, 5) is 8.81. The minimum absolute atomic E-state index is 0.917. The molecule has 0 aliphatic carbocycles. The van der Waals surface area contributed by atoms with Crippen molar-refractivity contribution in [1.29, 1.82) is 0 Å². The molecule has 0 saturated heterocycles. The van der Waals surface area contributed by atoms with E-state index in [1.165, 1.54) is 0 Å². The Morgan fingerprint density at radius 2 is 2.00 bits per heavy atom. The van der Waals surface area contributed by atoms with Gasteiger partial charge in [-0.2, -0.15) is 0 Å². The highest BCUT2D eigenvalue weighted by Gasteiger charge is 2.18. The van der Waals surface area contributed by atoms with Crippen LogP contribution in [-0.2, 0) is 4.79 Å². The second kappa shape index (κ2) is 3.12. The van der Waals surface area contributed by atoms with Gasteiger partial charge in [0, 0.05) is 0 Å². The van der Waals surface area contributed by atoms with E-state index in [0.29, 0.717) is 0 Å². The van der Waals surface area contributed by atoms with Crippen molar-refractivity contribution in [2.45, 2.75) is 10.9 Å². The van der Waals surface area contributed by atoms with Crippen molar-refractivity contribution in [1.82, 2.24) is 0 Å². The van der Waals surface area contributed by atoms with E-state index in [4.69, 9.17) is 28.3 Å². The fourth-order valence-electron chi connectivity index (χ4n) is 0.124. The Labute approximate surface area is 56.4 Å². The summed E-state index contributed by atoms with van der Waals surface area (Å²) in [6, 6.07) is 0. The molecule has 0 aliphatic heterocycles. The zero-order valence-electron chi connectivity index (χ0n) is 3.84. The van der Waals surface area contributed by atoms with Crippen LogP contribution in [0.5, 0.6) is 0 Å². The Morgan fingerprint density at radius 3 is 2.00 bits per heavy atom.